The highest BCUT2D eigenvalue weighted by Gasteiger charge is 2.59. The summed E-state index contributed by atoms with van der Waals surface area (Å²) in [5, 5.41) is 0. The van der Waals surface area contributed by atoms with Crippen molar-refractivity contribution in [3.05, 3.63) is 48.0 Å². The standard InChI is InChI=1S/C16H19FO2/c1-11-8-9-16(14(17)12(2)19-15(11)16)18-10-13-6-4-3-5-7-13/h3-9,11-12,14-15H,10H2,1-2H3/t11-,12+,14-,15-,16+/m1/s1. The maximum atomic E-state index is 14.5. The van der Waals surface area contributed by atoms with Crippen LogP contribution in [0.1, 0.15) is 19.4 Å². The normalized spacial score (nSPS) is 40.6. The molecule has 3 heteroatoms. The maximum Gasteiger partial charge on any atom is 0.161 e. The number of hydrogen-bond acceptors (Lipinski definition) is 2. The van der Waals surface area contributed by atoms with Crippen molar-refractivity contribution < 1.29 is 13.9 Å². The Bertz CT molecular complexity index is 473. The van der Waals surface area contributed by atoms with Crippen LogP contribution in [0.25, 0.3) is 0 Å². The number of halogens is 1. The fraction of sp³-hybridized carbons (Fsp3) is 0.500. The Labute approximate surface area is 113 Å². The zero-order valence-electron chi connectivity index (χ0n) is 11.3. The van der Waals surface area contributed by atoms with E-state index in [1.54, 1.807) is 6.92 Å². The van der Waals surface area contributed by atoms with Crippen molar-refractivity contribution >= 4 is 0 Å². The summed E-state index contributed by atoms with van der Waals surface area (Å²) in [6.45, 7) is 4.22. The first kappa shape index (κ1) is 12.8. The van der Waals surface area contributed by atoms with Crippen LogP contribution in [-0.4, -0.2) is 24.0 Å². The lowest BCUT2D eigenvalue weighted by atomic mass is 9.92. The topological polar surface area (TPSA) is 18.5 Å². The zero-order chi connectivity index (χ0) is 13.5. The van der Waals surface area contributed by atoms with E-state index >= 15 is 0 Å². The number of alkyl halides is 1. The van der Waals surface area contributed by atoms with Gasteiger partial charge in [0.2, 0.25) is 0 Å². The van der Waals surface area contributed by atoms with Crippen molar-refractivity contribution in [2.45, 2.75) is 44.4 Å². The van der Waals surface area contributed by atoms with E-state index in [0.29, 0.717) is 6.61 Å². The van der Waals surface area contributed by atoms with Gasteiger partial charge in [-0.05, 0) is 12.5 Å². The molecular formula is C16H19FO2. The molecule has 0 saturated carbocycles. The van der Waals surface area contributed by atoms with E-state index in [4.69, 9.17) is 9.47 Å². The minimum absolute atomic E-state index is 0.193. The van der Waals surface area contributed by atoms with Gasteiger partial charge in [-0.25, -0.2) is 4.39 Å². The van der Waals surface area contributed by atoms with Crippen LogP contribution in [0, 0.1) is 5.92 Å². The largest absolute Gasteiger partial charge is 0.368 e. The minimum Gasteiger partial charge on any atom is -0.368 e. The van der Waals surface area contributed by atoms with Crippen molar-refractivity contribution in [2.75, 3.05) is 0 Å². The van der Waals surface area contributed by atoms with Gasteiger partial charge in [0.1, 0.15) is 5.60 Å². The van der Waals surface area contributed by atoms with Crippen molar-refractivity contribution in [1.29, 1.82) is 0 Å². The molecule has 1 aromatic carbocycles. The number of benzene rings is 1. The molecule has 0 unspecified atom stereocenters. The number of rotatable bonds is 3. The predicted octanol–water partition coefficient (Wildman–Crippen LogP) is 3.27. The van der Waals surface area contributed by atoms with Crippen LogP contribution in [0.2, 0.25) is 0 Å². The molecule has 0 aromatic heterocycles. The van der Waals surface area contributed by atoms with Crippen molar-refractivity contribution in [2.24, 2.45) is 5.92 Å². The number of fused-ring (bicyclic) bond motifs is 1. The average Bonchev–Trinajstić information content (AvgIpc) is 2.87. The van der Waals surface area contributed by atoms with E-state index < -0.39 is 17.9 Å². The Morgan fingerprint density at radius 3 is 2.74 bits per heavy atom. The molecule has 2 aliphatic rings. The molecular weight excluding hydrogens is 243 g/mol. The minimum atomic E-state index is -1.11. The third kappa shape index (κ3) is 2.01. The van der Waals surface area contributed by atoms with E-state index in [2.05, 4.69) is 0 Å². The summed E-state index contributed by atoms with van der Waals surface area (Å²) in [6, 6.07) is 9.85. The van der Waals surface area contributed by atoms with Gasteiger partial charge in [0.25, 0.3) is 0 Å². The summed E-state index contributed by atoms with van der Waals surface area (Å²) in [7, 11) is 0. The van der Waals surface area contributed by atoms with Crippen LogP contribution in [0.4, 0.5) is 4.39 Å². The highest BCUT2D eigenvalue weighted by Crippen LogP contribution is 2.45. The van der Waals surface area contributed by atoms with Gasteiger partial charge in [-0.2, -0.15) is 0 Å². The molecule has 2 nitrogen and oxygen atoms in total. The van der Waals surface area contributed by atoms with E-state index in [-0.39, 0.29) is 12.0 Å². The van der Waals surface area contributed by atoms with E-state index in [0.717, 1.165) is 5.56 Å². The lowest BCUT2D eigenvalue weighted by Crippen LogP contribution is -2.45. The van der Waals surface area contributed by atoms with Crippen LogP contribution >= 0.6 is 0 Å². The molecule has 3 rings (SSSR count). The first-order valence-corrected chi connectivity index (χ1v) is 6.80. The number of ether oxygens (including phenoxy) is 2. The molecule has 1 aliphatic heterocycles. The van der Waals surface area contributed by atoms with Crippen molar-refractivity contribution in [1.82, 2.24) is 0 Å². The van der Waals surface area contributed by atoms with Crippen molar-refractivity contribution in [3.63, 3.8) is 0 Å². The summed E-state index contributed by atoms with van der Waals surface area (Å²) in [5.41, 5.74) is 0.143. The Hall–Kier alpha value is -1.19. The Morgan fingerprint density at radius 2 is 2.00 bits per heavy atom. The molecule has 0 N–H and O–H groups in total. The van der Waals surface area contributed by atoms with Crippen molar-refractivity contribution in [3.8, 4) is 0 Å². The van der Waals surface area contributed by atoms with Crippen LogP contribution in [0.5, 0.6) is 0 Å². The van der Waals surface area contributed by atoms with Gasteiger partial charge in [-0.3, -0.25) is 0 Å². The van der Waals surface area contributed by atoms with E-state index in [1.165, 1.54) is 0 Å². The summed E-state index contributed by atoms with van der Waals surface area (Å²) in [5.74, 6) is 0.193. The third-order valence-electron chi connectivity index (χ3n) is 4.12. The molecule has 1 fully saturated rings. The molecule has 0 radical (unpaired) electrons. The van der Waals surface area contributed by atoms with Gasteiger partial charge < -0.3 is 9.47 Å². The molecule has 0 amide bonds. The number of hydrogen-bond donors (Lipinski definition) is 0. The van der Waals surface area contributed by atoms with Gasteiger partial charge in [0.15, 0.2) is 6.17 Å². The smallest absolute Gasteiger partial charge is 0.161 e. The predicted molar refractivity (Wildman–Crippen MR) is 71.5 cm³/mol. The monoisotopic (exact) mass is 262 g/mol. The van der Waals surface area contributed by atoms with Crippen LogP contribution in [0.3, 0.4) is 0 Å². The second-order valence-electron chi connectivity index (χ2n) is 5.51. The molecule has 1 heterocycles. The van der Waals surface area contributed by atoms with Crippen LogP contribution < -0.4 is 0 Å². The van der Waals surface area contributed by atoms with Gasteiger partial charge in [0.05, 0.1) is 18.8 Å². The highest BCUT2D eigenvalue weighted by molar-refractivity contribution is 5.25. The highest BCUT2D eigenvalue weighted by atomic mass is 19.1. The van der Waals surface area contributed by atoms with Crippen LogP contribution in [0.15, 0.2) is 42.5 Å². The summed E-state index contributed by atoms with van der Waals surface area (Å²) >= 11 is 0. The molecule has 19 heavy (non-hydrogen) atoms. The molecule has 0 bridgehead atoms. The molecule has 1 saturated heterocycles. The van der Waals surface area contributed by atoms with Gasteiger partial charge >= 0.3 is 0 Å². The SMILES string of the molecule is C[C@@H]1C=C[C@]2(OCc3ccccc3)[C@H](F)[C@H](C)O[C@H]12. The Kier molecular flexibility index (Phi) is 3.19. The summed E-state index contributed by atoms with van der Waals surface area (Å²) < 4.78 is 26.2. The first-order chi connectivity index (χ1) is 9.13. The molecule has 102 valence electrons. The van der Waals surface area contributed by atoms with Gasteiger partial charge in [0, 0.05) is 5.92 Å². The average molecular weight is 262 g/mol. The summed E-state index contributed by atoms with van der Waals surface area (Å²) in [4.78, 5) is 0. The zero-order valence-corrected chi connectivity index (χ0v) is 11.3. The Morgan fingerprint density at radius 1 is 1.26 bits per heavy atom. The molecule has 1 aliphatic carbocycles. The van der Waals surface area contributed by atoms with E-state index in [9.17, 15) is 4.39 Å². The lowest BCUT2D eigenvalue weighted by molar-refractivity contribution is -0.0898. The van der Waals surface area contributed by atoms with Crippen LogP contribution in [-0.2, 0) is 16.1 Å². The van der Waals surface area contributed by atoms with E-state index in [1.807, 2.05) is 49.4 Å². The van der Waals surface area contributed by atoms with Gasteiger partial charge in [-0.15, -0.1) is 0 Å². The molecule has 1 aromatic rings. The molecule has 0 spiro atoms. The lowest BCUT2D eigenvalue weighted by Gasteiger charge is -2.30. The Balaban J connectivity index is 1.79. The fourth-order valence-electron chi connectivity index (χ4n) is 3.05. The third-order valence-corrected chi connectivity index (χ3v) is 4.12. The molecule has 5 atom stereocenters. The second kappa shape index (κ2) is 4.73. The quantitative estimate of drug-likeness (QED) is 0.778. The maximum absolute atomic E-state index is 14.5. The second-order valence-corrected chi connectivity index (χ2v) is 5.51. The van der Waals surface area contributed by atoms with Gasteiger partial charge in [-0.1, -0.05) is 49.4 Å². The first-order valence-electron chi connectivity index (χ1n) is 6.80. The summed E-state index contributed by atoms with van der Waals surface area (Å²) in [6.07, 6.45) is 2.13. The fourth-order valence-corrected chi connectivity index (χ4v) is 3.05.